The van der Waals surface area contributed by atoms with E-state index in [0.717, 1.165) is 0 Å². The molecule has 0 spiro atoms. The van der Waals surface area contributed by atoms with Gasteiger partial charge in [0.15, 0.2) is 0 Å². The Morgan fingerprint density at radius 3 is 2.55 bits per heavy atom. The maximum atomic E-state index is 11.4. The van der Waals surface area contributed by atoms with Crippen molar-refractivity contribution >= 4 is 11.9 Å². The summed E-state index contributed by atoms with van der Waals surface area (Å²) >= 11 is 0. The Labute approximate surface area is 117 Å². The number of rotatable bonds is 7. The molecule has 0 saturated heterocycles. The second-order valence-corrected chi connectivity index (χ2v) is 4.41. The monoisotopic (exact) mass is 281 g/mol. The number of carbonyl (C=O) groups is 2. The van der Waals surface area contributed by atoms with Gasteiger partial charge in [0.2, 0.25) is 5.91 Å². The highest BCUT2D eigenvalue weighted by Crippen LogP contribution is 2.25. The number of carboxylic acid groups (broad SMARTS) is 1. The van der Waals surface area contributed by atoms with Gasteiger partial charge in [0, 0.05) is 26.6 Å². The Morgan fingerprint density at radius 2 is 2.00 bits per heavy atom. The van der Waals surface area contributed by atoms with E-state index < -0.39 is 5.97 Å². The summed E-state index contributed by atoms with van der Waals surface area (Å²) in [5, 5.41) is 9.07. The highest BCUT2D eigenvalue weighted by Gasteiger charge is 2.12. The lowest BCUT2D eigenvalue weighted by atomic mass is 10.2. The van der Waals surface area contributed by atoms with Crippen molar-refractivity contribution in [3.05, 3.63) is 23.8 Å². The molecule has 0 unspecified atom stereocenters. The molecule has 0 aliphatic carbocycles. The zero-order chi connectivity index (χ0) is 15.1. The lowest BCUT2D eigenvalue weighted by Gasteiger charge is -2.12. The quantitative estimate of drug-likeness (QED) is 0.769. The number of carboxylic acids is 1. The van der Waals surface area contributed by atoms with Crippen molar-refractivity contribution in [3.8, 4) is 11.5 Å². The summed E-state index contributed by atoms with van der Waals surface area (Å²) in [6.07, 6.45) is 0.882. The van der Waals surface area contributed by atoms with Crippen molar-refractivity contribution in [2.24, 2.45) is 0 Å². The summed E-state index contributed by atoms with van der Waals surface area (Å²) < 4.78 is 10.5. The third-order valence-electron chi connectivity index (χ3n) is 2.71. The van der Waals surface area contributed by atoms with Crippen LogP contribution < -0.4 is 9.47 Å². The van der Waals surface area contributed by atoms with Gasteiger partial charge < -0.3 is 19.5 Å². The molecule has 0 aromatic heterocycles. The van der Waals surface area contributed by atoms with E-state index in [1.807, 2.05) is 0 Å². The molecule has 20 heavy (non-hydrogen) atoms. The molecule has 1 aromatic rings. The highest BCUT2D eigenvalue weighted by molar-refractivity contribution is 5.91. The molecule has 0 atom stereocenters. The van der Waals surface area contributed by atoms with Crippen LogP contribution in [0.3, 0.4) is 0 Å². The van der Waals surface area contributed by atoms with Crippen molar-refractivity contribution in [1.82, 2.24) is 4.90 Å². The van der Waals surface area contributed by atoms with E-state index in [1.54, 1.807) is 20.2 Å². The molecule has 1 amide bonds. The fourth-order valence-corrected chi connectivity index (χ4v) is 1.55. The van der Waals surface area contributed by atoms with Gasteiger partial charge in [0.1, 0.15) is 17.1 Å². The van der Waals surface area contributed by atoms with Gasteiger partial charge >= 0.3 is 5.97 Å². The fraction of sp³-hybridized carbons (Fsp3) is 0.429. The predicted molar refractivity (Wildman–Crippen MR) is 73.4 cm³/mol. The van der Waals surface area contributed by atoms with Crippen LogP contribution in [0.4, 0.5) is 0 Å². The van der Waals surface area contributed by atoms with E-state index in [9.17, 15) is 9.59 Å². The summed E-state index contributed by atoms with van der Waals surface area (Å²) in [4.78, 5) is 24.0. The number of hydrogen-bond acceptors (Lipinski definition) is 4. The average molecular weight is 281 g/mol. The van der Waals surface area contributed by atoms with Crippen LogP contribution in [-0.4, -0.2) is 49.7 Å². The number of carbonyl (C=O) groups excluding carboxylic acids is 1. The predicted octanol–water partition coefficient (Wildman–Crippen LogP) is 1.64. The molecule has 0 bridgehead atoms. The lowest BCUT2D eigenvalue weighted by Crippen LogP contribution is -2.21. The van der Waals surface area contributed by atoms with Gasteiger partial charge in [-0.05, 0) is 18.6 Å². The van der Waals surface area contributed by atoms with Gasteiger partial charge in [0.05, 0.1) is 13.7 Å². The number of methoxy groups -OCH3 is 1. The number of nitrogens with zero attached hydrogens (tertiary/aromatic N) is 1. The van der Waals surface area contributed by atoms with Crippen LogP contribution in [0.15, 0.2) is 18.2 Å². The minimum absolute atomic E-state index is 0.0118. The first-order chi connectivity index (χ1) is 9.45. The maximum absolute atomic E-state index is 11.4. The minimum atomic E-state index is -1.06. The van der Waals surface area contributed by atoms with Crippen LogP contribution in [0.2, 0.25) is 0 Å². The summed E-state index contributed by atoms with van der Waals surface area (Å²) in [7, 11) is 4.87. The van der Waals surface area contributed by atoms with Gasteiger partial charge in [-0.2, -0.15) is 0 Å². The van der Waals surface area contributed by atoms with E-state index in [-0.39, 0.29) is 23.8 Å². The fourth-order valence-electron chi connectivity index (χ4n) is 1.55. The molecule has 1 N–H and O–H groups in total. The number of aromatic carboxylic acids is 1. The van der Waals surface area contributed by atoms with E-state index in [4.69, 9.17) is 14.6 Å². The van der Waals surface area contributed by atoms with Gasteiger partial charge in [-0.3, -0.25) is 4.79 Å². The van der Waals surface area contributed by atoms with Crippen molar-refractivity contribution in [2.45, 2.75) is 12.8 Å². The number of ether oxygens (including phenoxy) is 2. The van der Waals surface area contributed by atoms with Gasteiger partial charge in [-0.25, -0.2) is 4.79 Å². The molecule has 110 valence electrons. The van der Waals surface area contributed by atoms with Crippen LogP contribution in [0, 0.1) is 0 Å². The largest absolute Gasteiger partial charge is 0.497 e. The Bertz CT molecular complexity index is 484. The van der Waals surface area contributed by atoms with Crippen LogP contribution in [0.5, 0.6) is 11.5 Å². The first kappa shape index (κ1) is 15.8. The zero-order valence-electron chi connectivity index (χ0n) is 11.9. The molecule has 0 aliphatic heterocycles. The standard InChI is InChI=1S/C14H19NO5/c1-15(2)13(16)5-4-8-20-12-9-10(19-3)6-7-11(12)14(17)18/h6-7,9H,4-5,8H2,1-3H3,(H,17,18). The molecule has 0 aliphatic rings. The first-order valence-corrected chi connectivity index (χ1v) is 6.20. The smallest absolute Gasteiger partial charge is 0.339 e. The zero-order valence-corrected chi connectivity index (χ0v) is 11.9. The highest BCUT2D eigenvalue weighted by atomic mass is 16.5. The van der Waals surface area contributed by atoms with Gasteiger partial charge in [0.25, 0.3) is 0 Å². The van der Waals surface area contributed by atoms with Gasteiger partial charge in [-0.1, -0.05) is 0 Å². The van der Waals surface area contributed by atoms with Crippen LogP contribution in [0.25, 0.3) is 0 Å². The summed E-state index contributed by atoms with van der Waals surface area (Å²) in [6, 6.07) is 4.52. The third kappa shape index (κ3) is 4.46. The van der Waals surface area contributed by atoms with E-state index in [0.29, 0.717) is 18.6 Å². The molecular formula is C14H19NO5. The summed E-state index contributed by atoms with van der Waals surface area (Å²) in [6.45, 7) is 0.271. The first-order valence-electron chi connectivity index (χ1n) is 6.20. The second kappa shape index (κ2) is 7.37. The molecule has 0 fully saturated rings. The number of benzene rings is 1. The minimum Gasteiger partial charge on any atom is -0.497 e. The maximum Gasteiger partial charge on any atom is 0.339 e. The van der Waals surface area contributed by atoms with Crippen molar-refractivity contribution in [2.75, 3.05) is 27.8 Å². The van der Waals surface area contributed by atoms with E-state index >= 15 is 0 Å². The van der Waals surface area contributed by atoms with Crippen LogP contribution >= 0.6 is 0 Å². The molecule has 6 heteroatoms. The lowest BCUT2D eigenvalue weighted by molar-refractivity contribution is -0.128. The molecule has 1 rings (SSSR count). The SMILES string of the molecule is COc1ccc(C(=O)O)c(OCCCC(=O)N(C)C)c1. The second-order valence-electron chi connectivity index (χ2n) is 4.41. The summed E-state index contributed by atoms with van der Waals surface area (Å²) in [5.41, 5.74) is 0.0738. The van der Waals surface area contributed by atoms with Crippen LogP contribution in [0.1, 0.15) is 23.2 Å². The third-order valence-corrected chi connectivity index (χ3v) is 2.71. The number of amides is 1. The molecule has 0 radical (unpaired) electrons. The van der Waals surface area contributed by atoms with Crippen molar-refractivity contribution in [1.29, 1.82) is 0 Å². The van der Waals surface area contributed by atoms with Crippen molar-refractivity contribution < 1.29 is 24.2 Å². The normalized spacial score (nSPS) is 9.95. The molecule has 0 saturated carbocycles. The Morgan fingerprint density at radius 1 is 1.30 bits per heavy atom. The number of hydrogen-bond donors (Lipinski definition) is 1. The Balaban J connectivity index is 2.62. The van der Waals surface area contributed by atoms with Gasteiger partial charge in [-0.15, -0.1) is 0 Å². The molecule has 1 aromatic carbocycles. The molecular weight excluding hydrogens is 262 g/mol. The van der Waals surface area contributed by atoms with Crippen molar-refractivity contribution in [3.63, 3.8) is 0 Å². The summed E-state index contributed by atoms with van der Waals surface area (Å²) in [5.74, 6) is -0.284. The Kier molecular flexibility index (Phi) is 5.83. The topological polar surface area (TPSA) is 76.1 Å². The average Bonchev–Trinajstić information content (AvgIpc) is 2.42. The van der Waals surface area contributed by atoms with Crippen LogP contribution in [-0.2, 0) is 4.79 Å². The Hall–Kier alpha value is -2.24. The molecule has 6 nitrogen and oxygen atoms in total. The molecule has 0 heterocycles. The van der Waals surface area contributed by atoms with E-state index in [1.165, 1.54) is 24.1 Å². The van der Waals surface area contributed by atoms with E-state index in [2.05, 4.69) is 0 Å².